The lowest BCUT2D eigenvalue weighted by atomic mass is 10.3. The Balaban J connectivity index is 2.52. The second-order valence-corrected chi connectivity index (χ2v) is 5.59. The topological polar surface area (TPSA) is 69.2 Å². The van der Waals surface area contributed by atoms with Gasteiger partial charge in [0.25, 0.3) is 0 Å². The van der Waals surface area contributed by atoms with Crippen LogP contribution in [0, 0.1) is 6.92 Å². The molecule has 0 aliphatic carbocycles. The van der Waals surface area contributed by atoms with Crippen LogP contribution in [0.4, 0.5) is 0 Å². The van der Waals surface area contributed by atoms with Crippen LogP contribution in [0.5, 0.6) is 5.88 Å². The summed E-state index contributed by atoms with van der Waals surface area (Å²) in [5.74, 6) is 0.321. The molecule has 0 atom stereocenters. The smallest absolute Gasteiger partial charge is 0.236 e. The summed E-state index contributed by atoms with van der Waals surface area (Å²) in [6.45, 7) is 1.72. The minimum absolute atomic E-state index is 0.0769. The summed E-state index contributed by atoms with van der Waals surface area (Å²) in [4.78, 5) is 0.198. The van der Waals surface area contributed by atoms with Gasteiger partial charge in [-0.2, -0.15) is 0 Å². The van der Waals surface area contributed by atoms with Crippen molar-refractivity contribution in [2.45, 2.75) is 16.8 Å². The van der Waals surface area contributed by atoms with Gasteiger partial charge in [0.15, 0.2) is 5.03 Å². The van der Waals surface area contributed by atoms with Gasteiger partial charge in [-0.1, -0.05) is 18.2 Å². The number of ether oxygens (including phenoxy) is 1. The molecule has 2 aromatic rings. The number of aryl methyl sites for hydroxylation is 1. The number of nitrogens with zero attached hydrogens (tertiary/aromatic N) is 2. The molecule has 6 heteroatoms. The van der Waals surface area contributed by atoms with Gasteiger partial charge in [0.2, 0.25) is 15.7 Å². The van der Waals surface area contributed by atoms with Crippen molar-refractivity contribution in [1.29, 1.82) is 0 Å². The number of aromatic nitrogens is 2. The van der Waals surface area contributed by atoms with Crippen LogP contribution in [-0.2, 0) is 9.84 Å². The molecule has 0 fully saturated rings. The van der Waals surface area contributed by atoms with Gasteiger partial charge in [0, 0.05) is 5.56 Å². The molecule has 0 aliphatic rings. The Morgan fingerprint density at radius 1 is 1.11 bits per heavy atom. The largest absolute Gasteiger partial charge is 0.480 e. The minimum Gasteiger partial charge on any atom is -0.480 e. The van der Waals surface area contributed by atoms with E-state index in [9.17, 15) is 8.42 Å². The maximum Gasteiger partial charge on any atom is 0.236 e. The molecule has 94 valence electrons. The van der Waals surface area contributed by atoms with Crippen LogP contribution in [0.25, 0.3) is 0 Å². The normalized spacial score (nSPS) is 11.2. The average Bonchev–Trinajstić information content (AvgIpc) is 2.39. The molecular formula is C12H12N2O3S. The number of hydrogen-bond donors (Lipinski definition) is 0. The molecule has 0 saturated carbocycles. The zero-order chi connectivity index (χ0) is 13.2. The van der Waals surface area contributed by atoms with Crippen molar-refractivity contribution in [3.05, 3.63) is 42.0 Å². The number of sulfone groups is 1. The van der Waals surface area contributed by atoms with Crippen LogP contribution >= 0.6 is 0 Å². The van der Waals surface area contributed by atoms with Crippen molar-refractivity contribution in [1.82, 2.24) is 10.2 Å². The average molecular weight is 264 g/mol. The maximum absolute atomic E-state index is 12.2. The number of hydrogen-bond acceptors (Lipinski definition) is 5. The first kappa shape index (κ1) is 12.5. The highest BCUT2D eigenvalue weighted by Gasteiger charge is 2.20. The van der Waals surface area contributed by atoms with E-state index in [4.69, 9.17) is 4.74 Å². The first-order valence-electron chi connectivity index (χ1n) is 5.24. The molecule has 0 bridgehead atoms. The van der Waals surface area contributed by atoms with Crippen molar-refractivity contribution in [3.63, 3.8) is 0 Å². The third kappa shape index (κ3) is 2.19. The Kier molecular flexibility index (Phi) is 3.29. The molecule has 1 aromatic carbocycles. The van der Waals surface area contributed by atoms with Crippen LogP contribution in [0.3, 0.4) is 0 Å². The van der Waals surface area contributed by atoms with E-state index in [0.717, 1.165) is 0 Å². The van der Waals surface area contributed by atoms with Gasteiger partial charge in [-0.05, 0) is 25.1 Å². The van der Waals surface area contributed by atoms with E-state index in [1.54, 1.807) is 25.1 Å². The van der Waals surface area contributed by atoms with Crippen molar-refractivity contribution in [3.8, 4) is 5.88 Å². The molecule has 0 radical (unpaired) electrons. The Morgan fingerprint density at radius 2 is 1.78 bits per heavy atom. The van der Waals surface area contributed by atoms with Gasteiger partial charge < -0.3 is 4.74 Å². The molecule has 1 heterocycles. The number of rotatable bonds is 3. The molecule has 0 spiro atoms. The second kappa shape index (κ2) is 4.73. The predicted molar refractivity (Wildman–Crippen MR) is 65.2 cm³/mol. The molecule has 5 nitrogen and oxygen atoms in total. The summed E-state index contributed by atoms with van der Waals surface area (Å²) in [7, 11) is -2.15. The highest BCUT2D eigenvalue weighted by atomic mass is 32.2. The van der Waals surface area contributed by atoms with Crippen molar-refractivity contribution >= 4 is 9.84 Å². The van der Waals surface area contributed by atoms with E-state index in [1.165, 1.54) is 25.3 Å². The van der Waals surface area contributed by atoms with Gasteiger partial charge >= 0.3 is 0 Å². The predicted octanol–water partition coefficient (Wildman–Crippen LogP) is 1.63. The SMILES string of the molecule is COc1nnc(S(=O)(=O)c2ccccc2)cc1C. The highest BCUT2D eigenvalue weighted by molar-refractivity contribution is 7.91. The zero-order valence-corrected chi connectivity index (χ0v) is 10.8. The summed E-state index contributed by atoms with van der Waals surface area (Å²) in [6.07, 6.45) is 0. The Bertz CT molecular complexity index is 654. The lowest BCUT2D eigenvalue weighted by molar-refractivity contribution is 0.386. The van der Waals surface area contributed by atoms with Crippen molar-refractivity contribution in [2.24, 2.45) is 0 Å². The van der Waals surface area contributed by atoms with Gasteiger partial charge in [0.1, 0.15) is 0 Å². The fraction of sp³-hybridized carbons (Fsp3) is 0.167. The van der Waals surface area contributed by atoms with E-state index in [0.29, 0.717) is 11.4 Å². The van der Waals surface area contributed by atoms with Crippen LogP contribution < -0.4 is 4.74 Å². The van der Waals surface area contributed by atoms with Crippen LogP contribution in [0.1, 0.15) is 5.56 Å². The highest BCUT2D eigenvalue weighted by Crippen LogP contribution is 2.21. The fourth-order valence-corrected chi connectivity index (χ4v) is 2.74. The van der Waals surface area contributed by atoms with E-state index < -0.39 is 9.84 Å². The zero-order valence-electron chi connectivity index (χ0n) is 9.99. The molecular weight excluding hydrogens is 252 g/mol. The van der Waals surface area contributed by atoms with E-state index >= 15 is 0 Å². The lowest BCUT2D eigenvalue weighted by Gasteiger charge is -2.06. The number of methoxy groups -OCH3 is 1. The van der Waals surface area contributed by atoms with Crippen molar-refractivity contribution in [2.75, 3.05) is 7.11 Å². The Labute approximate surface area is 105 Å². The molecule has 0 unspecified atom stereocenters. The van der Waals surface area contributed by atoms with Crippen LogP contribution in [-0.4, -0.2) is 25.7 Å². The van der Waals surface area contributed by atoms with Gasteiger partial charge in [-0.3, -0.25) is 0 Å². The molecule has 0 N–H and O–H groups in total. The number of benzene rings is 1. The van der Waals surface area contributed by atoms with E-state index in [-0.39, 0.29) is 9.92 Å². The van der Waals surface area contributed by atoms with Crippen LogP contribution in [0.2, 0.25) is 0 Å². The third-order valence-electron chi connectivity index (χ3n) is 2.44. The van der Waals surface area contributed by atoms with Gasteiger partial charge in [0.05, 0.1) is 12.0 Å². The van der Waals surface area contributed by atoms with Gasteiger partial charge in [-0.25, -0.2) is 8.42 Å². The summed E-state index contributed by atoms with van der Waals surface area (Å²) < 4.78 is 29.4. The van der Waals surface area contributed by atoms with E-state index in [2.05, 4.69) is 10.2 Å². The molecule has 0 amide bonds. The third-order valence-corrected chi connectivity index (χ3v) is 4.08. The Hall–Kier alpha value is -1.95. The molecule has 0 saturated heterocycles. The molecule has 2 rings (SSSR count). The standard InChI is InChI=1S/C12H12N2O3S/c1-9-8-11(13-14-12(9)17-2)18(15,16)10-6-4-3-5-7-10/h3-8H,1-2H3. The van der Waals surface area contributed by atoms with Crippen LogP contribution in [0.15, 0.2) is 46.3 Å². The van der Waals surface area contributed by atoms with Gasteiger partial charge in [-0.15, -0.1) is 10.2 Å². The minimum atomic E-state index is -3.62. The molecule has 18 heavy (non-hydrogen) atoms. The molecule has 0 aliphatic heterocycles. The van der Waals surface area contributed by atoms with E-state index in [1.807, 2.05) is 0 Å². The quantitative estimate of drug-likeness (QED) is 0.842. The fourth-order valence-electron chi connectivity index (χ4n) is 1.50. The van der Waals surface area contributed by atoms with Crippen molar-refractivity contribution < 1.29 is 13.2 Å². The maximum atomic E-state index is 12.2. The summed E-state index contributed by atoms with van der Waals surface area (Å²) >= 11 is 0. The lowest BCUT2D eigenvalue weighted by Crippen LogP contribution is -2.07. The summed E-state index contributed by atoms with van der Waals surface area (Å²) in [5, 5.41) is 7.36. The second-order valence-electron chi connectivity index (χ2n) is 3.69. The summed E-state index contributed by atoms with van der Waals surface area (Å²) in [6, 6.07) is 9.58. The monoisotopic (exact) mass is 264 g/mol. The first-order valence-corrected chi connectivity index (χ1v) is 6.72. The first-order chi connectivity index (χ1) is 8.55. The summed E-state index contributed by atoms with van der Waals surface area (Å²) in [5.41, 5.74) is 0.627. The molecule has 1 aromatic heterocycles. The Morgan fingerprint density at radius 3 is 2.33 bits per heavy atom.